The van der Waals surface area contributed by atoms with Crippen LogP contribution in [0.15, 0.2) is 42.9 Å². The molecule has 4 aromatic rings. The number of nitrogens with one attached hydrogen (secondary N) is 2. The Balaban J connectivity index is 1.69. The molecule has 0 unspecified atom stereocenters. The molecule has 182 valence electrons. The largest absolute Gasteiger partial charge is 0.418 e. The lowest BCUT2D eigenvalue weighted by molar-refractivity contribution is -0.138. The highest BCUT2D eigenvalue weighted by Crippen LogP contribution is 2.36. The van der Waals surface area contributed by atoms with E-state index in [4.69, 9.17) is 0 Å². The fraction of sp³-hybridized carbons (Fsp3) is 0.238. The van der Waals surface area contributed by atoms with Crippen LogP contribution in [-0.2, 0) is 12.4 Å². The standard InChI is InChI=1S/C21H16F6N8/c1-2-6-28-16-8-12(21(25,26)27)17(35-34-16)14-10-31-18-13(5-7-29-19(18)33-14)32-15-4-3-11(9-30-15)20(22,23)24/h3-5,7-10H,2,6H2,1H3,(H,28,34)(H,29,30,32,33). The summed E-state index contributed by atoms with van der Waals surface area (Å²) in [6.45, 7) is 2.28. The fourth-order valence-corrected chi connectivity index (χ4v) is 3.05. The second-order valence-electron chi connectivity index (χ2n) is 7.26. The van der Waals surface area contributed by atoms with Crippen LogP contribution in [0.3, 0.4) is 0 Å². The summed E-state index contributed by atoms with van der Waals surface area (Å²) >= 11 is 0. The first-order valence-electron chi connectivity index (χ1n) is 10.2. The van der Waals surface area contributed by atoms with Crippen LogP contribution in [0, 0.1) is 0 Å². The van der Waals surface area contributed by atoms with E-state index in [2.05, 4.69) is 40.8 Å². The third-order valence-corrected chi connectivity index (χ3v) is 4.70. The number of hydrogen-bond donors (Lipinski definition) is 2. The van der Waals surface area contributed by atoms with Crippen molar-refractivity contribution in [1.29, 1.82) is 0 Å². The maximum atomic E-state index is 13.7. The van der Waals surface area contributed by atoms with Crippen LogP contribution in [0.25, 0.3) is 22.6 Å². The van der Waals surface area contributed by atoms with Crippen LogP contribution in [0.5, 0.6) is 0 Å². The van der Waals surface area contributed by atoms with Crippen molar-refractivity contribution >= 4 is 28.5 Å². The van der Waals surface area contributed by atoms with Gasteiger partial charge in [-0.15, -0.1) is 10.2 Å². The van der Waals surface area contributed by atoms with E-state index in [0.717, 1.165) is 24.4 Å². The maximum Gasteiger partial charge on any atom is 0.418 e. The van der Waals surface area contributed by atoms with Crippen LogP contribution in [0.1, 0.15) is 24.5 Å². The monoisotopic (exact) mass is 494 g/mol. The van der Waals surface area contributed by atoms with Gasteiger partial charge >= 0.3 is 12.4 Å². The van der Waals surface area contributed by atoms with Gasteiger partial charge in [-0.2, -0.15) is 26.3 Å². The molecule has 8 nitrogen and oxygen atoms in total. The van der Waals surface area contributed by atoms with E-state index in [1.54, 1.807) is 0 Å². The van der Waals surface area contributed by atoms with Crippen molar-refractivity contribution in [3.8, 4) is 11.4 Å². The Hall–Kier alpha value is -4.10. The molecule has 0 fully saturated rings. The summed E-state index contributed by atoms with van der Waals surface area (Å²) < 4.78 is 79.4. The molecule has 0 radical (unpaired) electrons. The average molecular weight is 494 g/mol. The molecule has 0 aromatic carbocycles. The van der Waals surface area contributed by atoms with Crippen molar-refractivity contribution in [2.45, 2.75) is 25.7 Å². The molecule has 0 aliphatic rings. The molecule has 0 amide bonds. The molecule has 0 aliphatic heterocycles. The van der Waals surface area contributed by atoms with Crippen molar-refractivity contribution in [2.75, 3.05) is 17.2 Å². The van der Waals surface area contributed by atoms with Gasteiger partial charge in [-0.1, -0.05) is 6.92 Å². The number of rotatable bonds is 6. The Bertz CT molecular complexity index is 1340. The molecule has 0 atom stereocenters. The van der Waals surface area contributed by atoms with Crippen molar-refractivity contribution in [1.82, 2.24) is 30.1 Å². The summed E-state index contributed by atoms with van der Waals surface area (Å²) in [7, 11) is 0. The number of aromatic nitrogens is 6. The fourth-order valence-electron chi connectivity index (χ4n) is 3.05. The summed E-state index contributed by atoms with van der Waals surface area (Å²) in [5, 5.41) is 13.1. The molecule has 0 aliphatic carbocycles. The predicted octanol–water partition coefficient (Wildman–Crippen LogP) is 5.48. The van der Waals surface area contributed by atoms with Gasteiger partial charge in [-0.25, -0.2) is 19.9 Å². The summed E-state index contributed by atoms with van der Waals surface area (Å²) in [6.07, 6.45) is -5.49. The molecule has 2 N–H and O–H groups in total. The number of pyridine rings is 2. The summed E-state index contributed by atoms with van der Waals surface area (Å²) in [6, 6.07) is 4.33. The second-order valence-corrected chi connectivity index (χ2v) is 7.26. The van der Waals surface area contributed by atoms with E-state index in [9.17, 15) is 26.3 Å². The van der Waals surface area contributed by atoms with E-state index in [1.165, 1.54) is 12.3 Å². The minimum atomic E-state index is -4.73. The van der Waals surface area contributed by atoms with Crippen LogP contribution in [0.4, 0.5) is 43.7 Å². The topological polar surface area (TPSA) is 101 Å². The minimum absolute atomic E-state index is 0.0116. The predicted molar refractivity (Wildman–Crippen MR) is 115 cm³/mol. The lowest BCUT2D eigenvalue weighted by Gasteiger charge is -2.13. The van der Waals surface area contributed by atoms with Crippen LogP contribution in [0.2, 0.25) is 0 Å². The minimum Gasteiger partial charge on any atom is -0.369 e. The average Bonchev–Trinajstić information content (AvgIpc) is 2.81. The van der Waals surface area contributed by atoms with Crippen molar-refractivity contribution in [3.05, 3.63) is 54.0 Å². The first-order chi connectivity index (χ1) is 16.6. The Morgan fingerprint density at radius 2 is 1.66 bits per heavy atom. The Morgan fingerprint density at radius 1 is 0.857 bits per heavy atom. The number of hydrogen-bond acceptors (Lipinski definition) is 8. The van der Waals surface area contributed by atoms with Gasteiger partial charge in [0.05, 0.1) is 23.0 Å². The normalized spacial score (nSPS) is 12.1. The summed E-state index contributed by atoms with van der Waals surface area (Å²) in [4.78, 5) is 16.1. The molecule has 0 saturated heterocycles. The molecule has 4 rings (SSSR count). The van der Waals surface area contributed by atoms with Gasteiger partial charge in [-0.3, -0.25) is 0 Å². The zero-order valence-corrected chi connectivity index (χ0v) is 17.9. The summed E-state index contributed by atoms with van der Waals surface area (Å²) in [5.41, 5.74) is -2.21. The Morgan fingerprint density at radius 3 is 2.31 bits per heavy atom. The molecule has 4 aromatic heterocycles. The van der Waals surface area contributed by atoms with E-state index >= 15 is 0 Å². The molecule has 0 spiro atoms. The van der Waals surface area contributed by atoms with Gasteiger partial charge in [-0.05, 0) is 30.7 Å². The van der Waals surface area contributed by atoms with E-state index in [1.807, 2.05) is 6.92 Å². The third kappa shape index (κ3) is 5.36. The third-order valence-electron chi connectivity index (χ3n) is 4.70. The maximum absolute atomic E-state index is 13.7. The molecule has 35 heavy (non-hydrogen) atoms. The zero-order chi connectivity index (χ0) is 25.2. The van der Waals surface area contributed by atoms with Gasteiger partial charge in [0.25, 0.3) is 0 Å². The molecular formula is C21H16F6N8. The number of anilines is 3. The first-order valence-corrected chi connectivity index (χ1v) is 10.2. The van der Waals surface area contributed by atoms with Crippen molar-refractivity contribution in [2.24, 2.45) is 0 Å². The molecular weight excluding hydrogens is 478 g/mol. The van der Waals surface area contributed by atoms with Crippen LogP contribution >= 0.6 is 0 Å². The number of fused-ring (bicyclic) bond motifs is 1. The lowest BCUT2D eigenvalue weighted by atomic mass is 10.1. The zero-order valence-electron chi connectivity index (χ0n) is 17.9. The van der Waals surface area contributed by atoms with E-state index < -0.39 is 29.2 Å². The van der Waals surface area contributed by atoms with Crippen LogP contribution < -0.4 is 10.6 Å². The molecule has 0 saturated carbocycles. The highest BCUT2D eigenvalue weighted by atomic mass is 19.4. The number of halogens is 6. The number of nitrogens with zero attached hydrogens (tertiary/aromatic N) is 6. The first kappa shape index (κ1) is 24.0. The van der Waals surface area contributed by atoms with Gasteiger partial charge in [0.15, 0.2) is 5.65 Å². The molecule has 0 bridgehead atoms. The molecule has 4 heterocycles. The second kappa shape index (κ2) is 9.27. The SMILES string of the molecule is CCCNc1cc(C(F)(F)F)c(-c2cnc3c(Nc4ccc(C(F)(F)F)cn4)ccnc3n2)nn1. The highest BCUT2D eigenvalue weighted by molar-refractivity contribution is 5.87. The van der Waals surface area contributed by atoms with E-state index in [-0.39, 0.29) is 28.5 Å². The Labute approximate surface area is 193 Å². The van der Waals surface area contributed by atoms with Crippen molar-refractivity contribution < 1.29 is 26.3 Å². The smallest absolute Gasteiger partial charge is 0.369 e. The Kier molecular flexibility index (Phi) is 6.37. The van der Waals surface area contributed by atoms with Gasteiger partial charge in [0, 0.05) is 18.9 Å². The lowest BCUT2D eigenvalue weighted by Crippen LogP contribution is -2.13. The number of alkyl halides is 6. The van der Waals surface area contributed by atoms with Crippen LogP contribution in [-0.4, -0.2) is 36.7 Å². The van der Waals surface area contributed by atoms with Gasteiger partial charge < -0.3 is 10.6 Å². The van der Waals surface area contributed by atoms with E-state index in [0.29, 0.717) is 24.8 Å². The quantitative estimate of drug-likeness (QED) is 0.340. The van der Waals surface area contributed by atoms with Crippen molar-refractivity contribution in [3.63, 3.8) is 0 Å². The van der Waals surface area contributed by atoms with Gasteiger partial charge in [0.2, 0.25) is 0 Å². The summed E-state index contributed by atoms with van der Waals surface area (Å²) in [5.74, 6) is 0.0714. The molecule has 14 heteroatoms. The van der Waals surface area contributed by atoms with Gasteiger partial charge in [0.1, 0.15) is 28.5 Å². The highest BCUT2D eigenvalue weighted by Gasteiger charge is 2.36.